The molecule has 3 atom stereocenters. The van der Waals surface area contributed by atoms with Gasteiger partial charge in [0.15, 0.2) is 11.5 Å². The quantitative estimate of drug-likeness (QED) is 0.769. The minimum Gasteiger partial charge on any atom is -0.486 e. The highest BCUT2D eigenvalue weighted by Gasteiger charge is 2.42. The Morgan fingerprint density at radius 2 is 1.93 bits per heavy atom. The highest BCUT2D eigenvalue weighted by atomic mass is 35.5. The van der Waals surface area contributed by atoms with E-state index in [4.69, 9.17) is 15.2 Å². The molecule has 3 heterocycles. The van der Waals surface area contributed by atoms with Crippen LogP contribution in [0.3, 0.4) is 0 Å². The number of rotatable bonds is 3. The number of fused-ring (bicyclic) bond motifs is 1. The molecule has 2 saturated heterocycles. The van der Waals surface area contributed by atoms with Crippen LogP contribution in [0.4, 0.5) is 5.69 Å². The van der Waals surface area contributed by atoms with Gasteiger partial charge in [0.1, 0.15) is 19.1 Å². The lowest BCUT2D eigenvalue weighted by Crippen LogP contribution is -2.52. The number of amides is 2. The van der Waals surface area contributed by atoms with Crippen LogP contribution in [0, 0.1) is 11.8 Å². The Kier molecular flexibility index (Phi) is 6.35. The van der Waals surface area contributed by atoms with Gasteiger partial charge in [0.2, 0.25) is 11.8 Å². The van der Waals surface area contributed by atoms with E-state index in [0.29, 0.717) is 56.7 Å². The summed E-state index contributed by atoms with van der Waals surface area (Å²) in [5.74, 6) is 1.09. The van der Waals surface area contributed by atoms with E-state index in [-0.39, 0.29) is 30.3 Å². The number of piperidine rings is 1. The van der Waals surface area contributed by atoms with Gasteiger partial charge in [-0.1, -0.05) is 6.92 Å². The van der Waals surface area contributed by atoms with Gasteiger partial charge in [-0.3, -0.25) is 9.59 Å². The zero-order valence-electron chi connectivity index (χ0n) is 16.1. The molecule has 28 heavy (non-hydrogen) atoms. The maximum atomic E-state index is 13.1. The first kappa shape index (κ1) is 20.7. The molecule has 0 aliphatic carbocycles. The fraction of sp³-hybridized carbons (Fsp3) is 0.600. The third-order valence-electron chi connectivity index (χ3n) is 5.87. The molecule has 2 N–H and O–H groups in total. The highest BCUT2D eigenvalue weighted by molar-refractivity contribution is 6.09. The third kappa shape index (κ3) is 3.78. The monoisotopic (exact) mass is 409 g/mol. The van der Waals surface area contributed by atoms with Gasteiger partial charge >= 0.3 is 0 Å². The van der Waals surface area contributed by atoms with Crippen LogP contribution < -0.4 is 20.1 Å². The molecule has 0 saturated carbocycles. The summed E-state index contributed by atoms with van der Waals surface area (Å²) in [7, 11) is 0. The maximum absolute atomic E-state index is 13.1. The number of likely N-dealkylation sites (tertiary alicyclic amines) is 1. The molecule has 4 rings (SSSR count). The lowest BCUT2D eigenvalue weighted by molar-refractivity contribution is -0.143. The number of carbonyl (C=O) groups is 2. The molecule has 154 valence electrons. The van der Waals surface area contributed by atoms with E-state index >= 15 is 0 Å². The van der Waals surface area contributed by atoms with Gasteiger partial charge in [0.25, 0.3) is 0 Å². The minimum absolute atomic E-state index is 0. The molecule has 1 aromatic carbocycles. The zero-order chi connectivity index (χ0) is 19.0. The van der Waals surface area contributed by atoms with Gasteiger partial charge < -0.3 is 25.0 Å². The number of halogens is 1. The molecule has 3 aliphatic rings. The van der Waals surface area contributed by atoms with Crippen molar-refractivity contribution in [3.63, 3.8) is 0 Å². The second-order valence-corrected chi connectivity index (χ2v) is 7.71. The summed E-state index contributed by atoms with van der Waals surface area (Å²) in [6.45, 7) is 4.89. The predicted molar refractivity (Wildman–Crippen MR) is 108 cm³/mol. The molecule has 1 aromatic rings. The Morgan fingerprint density at radius 1 is 1.18 bits per heavy atom. The second-order valence-electron chi connectivity index (χ2n) is 7.71. The summed E-state index contributed by atoms with van der Waals surface area (Å²) >= 11 is 0. The summed E-state index contributed by atoms with van der Waals surface area (Å²) in [6, 6.07) is 5.54. The lowest BCUT2D eigenvalue weighted by atomic mass is 9.91. The highest BCUT2D eigenvalue weighted by Crippen LogP contribution is 2.36. The van der Waals surface area contributed by atoms with E-state index in [1.54, 1.807) is 4.90 Å². The third-order valence-corrected chi connectivity index (χ3v) is 5.87. The largest absolute Gasteiger partial charge is 0.486 e. The van der Waals surface area contributed by atoms with Crippen molar-refractivity contribution >= 4 is 29.9 Å². The number of ether oxygens (including phenoxy) is 2. The van der Waals surface area contributed by atoms with Crippen molar-refractivity contribution in [1.29, 1.82) is 0 Å². The first-order valence-corrected chi connectivity index (χ1v) is 9.80. The molecule has 0 bridgehead atoms. The van der Waals surface area contributed by atoms with Crippen LogP contribution in [0.25, 0.3) is 0 Å². The van der Waals surface area contributed by atoms with Crippen molar-refractivity contribution in [2.24, 2.45) is 17.6 Å². The first-order chi connectivity index (χ1) is 13.1. The van der Waals surface area contributed by atoms with Crippen molar-refractivity contribution < 1.29 is 19.1 Å². The lowest BCUT2D eigenvalue weighted by Gasteiger charge is -2.39. The number of benzene rings is 1. The average molecular weight is 410 g/mol. The van der Waals surface area contributed by atoms with E-state index in [0.717, 1.165) is 18.5 Å². The van der Waals surface area contributed by atoms with Crippen molar-refractivity contribution in [2.45, 2.75) is 32.2 Å². The molecule has 3 aliphatic heterocycles. The number of anilines is 1. The Bertz CT molecular complexity index is 744. The fourth-order valence-corrected chi connectivity index (χ4v) is 4.33. The molecule has 0 radical (unpaired) electrons. The molecule has 0 spiro atoms. The van der Waals surface area contributed by atoms with E-state index in [2.05, 4.69) is 6.92 Å². The van der Waals surface area contributed by atoms with Crippen molar-refractivity contribution in [3.05, 3.63) is 18.2 Å². The number of nitrogens with two attached hydrogens (primary N) is 1. The van der Waals surface area contributed by atoms with Gasteiger partial charge in [-0.2, -0.15) is 0 Å². The van der Waals surface area contributed by atoms with Crippen molar-refractivity contribution in [2.75, 3.05) is 37.7 Å². The number of hydrogen-bond donors (Lipinski definition) is 1. The van der Waals surface area contributed by atoms with Gasteiger partial charge in [0.05, 0.1) is 0 Å². The normalized spacial score (nSPS) is 26.8. The van der Waals surface area contributed by atoms with Crippen molar-refractivity contribution in [3.8, 4) is 11.5 Å². The molecule has 2 fully saturated rings. The van der Waals surface area contributed by atoms with Gasteiger partial charge in [0, 0.05) is 37.4 Å². The smallest absolute Gasteiger partial charge is 0.239 e. The van der Waals surface area contributed by atoms with E-state index in [1.807, 2.05) is 23.1 Å². The standard InChI is InChI=1S/C20H27N3O4.ClH/c1-13-4-6-23(15(10-13)12-21)20(25)16-5-7-22(19(16)24)14-2-3-17-18(11-14)27-9-8-26-17;/h2-3,11,13,15-16H,4-10,12,21H2,1H3;1H. The van der Waals surface area contributed by atoms with Crippen LogP contribution in [-0.4, -0.2) is 55.6 Å². The van der Waals surface area contributed by atoms with Crippen LogP contribution in [0.2, 0.25) is 0 Å². The first-order valence-electron chi connectivity index (χ1n) is 9.80. The Morgan fingerprint density at radius 3 is 2.68 bits per heavy atom. The Hall–Kier alpha value is -1.99. The van der Waals surface area contributed by atoms with Crippen LogP contribution in [0.15, 0.2) is 18.2 Å². The minimum atomic E-state index is -0.611. The summed E-state index contributed by atoms with van der Waals surface area (Å²) in [5.41, 5.74) is 6.65. The van der Waals surface area contributed by atoms with Crippen LogP contribution >= 0.6 is 12.4 Å². The van der Waals surface area contributed by atoms with Gasteiger partial charge in [-0.15, -0.1) is 12.4 Å². The molecule has 2 amide bonds. The van der Waals surface area contributed by atoms with E-state index in [9.17, 15) is 9.59 Å². The molecular weight excluding hydrogens is 382 g/mol. The van der Waals surface area contributed by atoms with E-state index < -0.39 is 5.92 Å². The SMILES string of the molecule is CC1CCN(C(=O)C2CCN(c3ccc4c(c3)OCCO4)C2=O)C(CN)C1.Cl. The van der Waals surface area contributed by atoms with Crippen molar-refractivity contribution in [1.82, 2.24) is 4.90 Å². The van der Waals surface area contributed by atoms with E-state index in [1.165, 1.54) is 0 Å². The summed E-state index contributed by atoms with van der Waals surface area (Å²) in [5, 5.41) is 0. The molecule has 8 heteroatoms. The number of carbonyl (C=O) groups excluding carboxylic acids is 2. The Balaban J connectivity index is 0.00000225. The summed E-state index contributed by atoms with van der Waals surface area (Å²) in [6.07, 6.45) is 2.42. The average Bonchev–Trinajstić information content (AvgIpc) is 3.08. The fourth-order valence-electron chi connectivity index (χ4n) is 4.33. The summed E-state index contributed by atoms with van der Waals surface area (Å²) in [4.78, 5) is 29.6. The van der Waals surface area contributed by atoms with Crippen LogP contribution in [-0.2, 0) is 9.59 Å². The predicted octanol–water partition coefficient (Wildman–Crippen LogP) is 1.82. The Labute approximate surface area is 171 Å². The van der Waals surface area contributed by atoms with Crippen LogP contribution in [0.1, 0.15) is 26.2 Å². The molecular formula is C20H28ClN3O4. The molecule has 7 nitrogen and oxygen atoms in total. The summed E-state index contributed by atoms with van der Waals surface area (Å²) < 4.78 is 11.2. The zero-order valence-corrected chi connectivity index (χ0v) is 17.0. The maximum Gasteiger partial charge on any atom is 0.239 e. The molecule has 3 unspecified atom stereocenters. The van der Waals surface area contributed by atoms with Crippen LogP contribution in [0.5, 0.6) is 11.5 Å². The number of hydrogen-bond acceptors (Lipinski definition) is 5. The topological polar surface area (TPSA) is 85.1 Å². The molecule has 0 aromatic heterocycles. The number of nitrogens with zero attached hydrogens (tertiary/aromatic N) is 2. The second kappa shape index (κ2) is 8.57. The van der Waals surface area contributed by atoms with Gasteiger partial charge in [-0.25, -0.2) is 0 Å². The van der Waals surface area contributed by atoms with Gasteiger partial charge in [-0.05, 0) is 37.3 Å².